The Labute approximate surface area is 155 Å². The second kappa shape index (κ2) is 6.55. The summed E-state index contributed by atoms with van der Waals surface area (Å²) in [7, 11) is 0. The number of carbonyl (C=O) groups excluding carboxylic acids is 1. The van der Waals surface area contributed by atoms with Crippen LogP contribution in [-0.2, 0) is 11.2 Å². The lowest BCUT2D eigenvalue weighted by Crippen LogP contribution is -2.42. The van der Waals surface area contributed by atoms with Crippen LogP contribution in [0.25, 0.3) is 0 Å². The Balaban J connectivity index is 1.44. The first-order valence-electron chi connectivity index (χ1n) is 9.94. The van der Waals surface area contributed by atoms with E-state index in [9.17, 15) is 4.79 Å². The van der Waals surface area contributed by atoms with Crippen LogP contribution in [0.2, 0.25) is 0 Å². The first-order chi connectivity index (χ1) is 12.8. The Hall–Kier alpha value is -2.13. The average Bonchev–Trinajstić information content (AvgIpc) is 3.31. The minimum atomic E-state index is 0.0625. The van der Waals surface area contributed by atoms with Crippen molar-refractivity contribution in [1.82, 2.24) is 9.80 Å². The molecule has 2 aromatic carbocycles. The van der Waals surface area contributed by atoms with Crippen LogP contribution >= 0.6 is 0 Å². The van der Waals surface area contributed by atoms with Gasteiger partial charge in [0.25, 0.3) is 0 Å². The van der Waals surface area contributed by atoms with Crippen LogP contribution in [0, 0.1) is 11.8 Å². The first-order valence-corrected chi connectivity index (χ1v) is 9.94. The molecule has 3 heterocycles. The van der Waals surface area contributed by atoms with Gasteiger partial charge in [-0.2, -0.15) is 0 Å². The van der Waals surface area contributed by atoms with E-state index in [0.717, 1.165) is 25.4 Å². The lowest BCUT2D eigenvalue weighted by atomic mass is 9.86. The second-order valence-electron chi connectivity index (χ2n) is 8.12. The zero-order valence-electron chi connectivity index (χ0n) is 15.2. The summed E-state index contributed by atoms with van der Waals surface area (Å²) in [5.41, 5.74) is 3.91. The maximum atomic E-state index is 13.3. The van der Waals surface area contributed by atoms with Gasteiger partial charge in [-0.1, -0.05) is 54.6 Å². The van der Waals surface area contributed by atoms with Gasteiger partial charge in [-0.3, -0.25) is 4.79 Å². The molecule has 134 valence electrons. The molecule has 0 N–H and O–H groups in total. The molecule has 2 unspecified atom stereocenters. The summed E-state index contributed by atoms with van der Waals surface area (Å²) in [6.45, 7) is 4.40. The predicted molar refractivity (Wildman–Crippen MR) is 103 cm³/mol. The van der Waals surface area contributed by atoms with Crippen molar-refractivity contribution in [2.24, 2.45) is 11.8 Å². The molecule has 0 aromatic heterocycles. The van der Waals surface area contributed by atoms with Crippen LogP contribution < -0.4 is 0 Å². The average molecular weight is 346 g/mol. The van der Waals surface area contributed by atoms with Gasteiger partial charge in [0.2, 0.25) is 5.91 Å². The molecule has 2 saturated heterocycles. The fraction of sp³-hybridized carbons (Fsp3) is 0.435. The fourth-order valence-electron chi connectivity index (χ4n) is 5.30. The molecule has 0 aliphatic carbocycles. The smallest absolute Gasteiger partial charge is 0.223 e. The van der Waals surface area contributed by atoms with E-state index in [-0.39, 0.29) is 6.04 Å². The fourth-order valence-corrected chi connectivity index (χ4v) is 5.30. The van der Waals surface area contributed by atoms with Crippen LogP contribution in [0.4, 0.5) is 0 Å². The van der Waals surface area contributed by atoms with Gasteiger partial charge in [0.1, 0.15) is 0 Å². The van der Waals surface area contributed by atoms with Gasteiger partial charge >= 0.3 is 0 Å². The molecular weight excluding hydrogens is 320 g/mol. The van der Waals surface area contributed by atoms with Gasteiger partial charge in [0.15, 0.2) is 0 Å². The lowest BCUT2D eigenvalue weighted by Gasteiger charge is -2.38. The highest BCUT2D eigenvalue weighted by molar-refractivity contribution is 5.78. The SMILES string of the molecule is O=C(C[C@@H]1CN2CCC1C2)N1CCc2ccccc2[C@@H]1c1ccccc1. The molecule has 5 rings (SSSR count). The van der Waals surface area contributed by atoms with Crippen LogP contribution in [0.5, 0.6) is 0 Å². The number of nitrogens with zero attached hydrogens (tertiary/aromatic N) is 2. The maximum Gasteiger partial charge on any atom is 0.223 e. The topological polar surface area (TPSA) is 23.6 Å². The molecular formula is C23H26N2O. The highest BCUT2D eigenvalue weighted by atomic mass is 16.2. The van der Waals surface area contributed by atoms with E-state index >= 15 is 0 Å². The number of fused-ring (bicyclic) bond motifs is 3. The third kappa shape index (κ3) is 2.75. The highest BCUT2D eigenvalue weighted by Crippen LogP contribution is 2.38. The third-order valence-electron chi connectivity index (χ3n) is 6.62. The van der Waals surface area contributed by atoms with E-state index < -0.39 is 0 Å². The van der Waals surface area contributed by atoms with Crippen molar-refractivity contribution < 1.29 is 4.79 Å². The Morgan fingerprint density at radius 1 is 0.962 bits per heavy atom. The second-order valence-corrected chi connectivity index (χ2v) is 8.12. The van der Waals surface area contributed by atoms with E-state index in [2.05, 4.69) is 58.3 Å². The number of amides is 1. The molecule has 2 bridgehead atoms. The Morgan fingerprint density at radius 2 is 1.77 bits per heavy atom. The number of rotatable bonds is 3. The molecule has 0 radical (unpaired) electrons. The van der Waals surface area contributed by atoms with Crippen LogP contribution in [0.15, 0.2) is 54.6 Å². The summed E-state index contributed by atoms with van der Waals surface area (Å²) in [5.74, 6) is 1.64. The number of carbonyl (C=O) groups is 1. The van der Waals surface area contributed by atoms with Crippen molar-refractivity contribution in [1.29, 1.82) is 0 Å². The summed E-state index contributed by atoms with van der Waals surface area (Å²) in [4.78, 5) is 18.0. The Bertz CT molecular complexity index is 803. The predicted octanol–water partition coefficient (Wildman–Crippen LogP) is 3.50. The summed E-state index contributed by atoms with van der Waals surface area (Å²) in [5, 5.41) is 0. The zero-order valence-corrected chi connectivity index (χ0v) is 15.2. The summed E-state index contributed by atoms with van der Waals surface area (Å²) < 4.78 is 0. The van der Waals surface area contributed by atoms with E-state index in [1.807, 2.05) is 6.07 Å². The van der Waals surface area contributed by atoms with E-state index in [1.54, 1.807) is 0 Å². The van der Waals surface area contributed by atoms with Crippen molar-refractivity contribution >= 4 is 5.91 Å². The molecule has 2 aromatic rings. The van der Waals surface area contributed by atoms with Gasteiger partial charge in [-0.05, 0) is 47.9 Å². The molecule has 3 nitrogen and oxygen atoms in total. The number of hydrogen-bond donors (Lipinski definition) is 0. The Kier molecular flexibility index (Phi) is 4.05. The molecule has 4 atom stereocenters. The van der Waals surface area contributed by atoms with Crippen LogP contribution in [0.1, 0.15) is 35.6 Å². The molecule has 3 heteroatoms. The molecule has 26 heavy (non-hydrogen) atoms. The quantitative estimate of drug-likeness (QED) is 0.849. The normalized spacial score (nSPS) is 29.6. The van der Waals surface area contributed by atoms with Crippen molar-refractivity contribution in [3.8, 4) is 0 Å². The lowest BCUT2D eigenvalue weighted by molar-refractivity contribution is -0.134. The zero-order chi connectivity index (χ0) is 17.5. The summed E-state index contributed by atoms with van der Waals surface area (Å²) in [6, 6.07) is 19.2. The van der Waals surface area contributed by atoms with E-state index in [1.165, 1.54) is 36.2 Å². The maximum absolute atomic E-state index is 13.3. The molecule has 2 fully saturated rings. The molecule has 0 saturated carbocycles. The molecule has 1 amide bonds. The molecule has 3 aliphatic heterocycles. The third-order valence-corrected chi connectivity index (χ3v) is 6.62. The van der Waals surface area contributed by atoms with Gasteiger partial charge in [0.05, 0.1) is 6.04 Å². The monoisotopic (exact) mass is 346 g/mol. The number of hydrogen-bond acceptors (Lipinski definition) is 2. The van der Waals surface area contributed by atoms with Crippen molar-refractivity contribution in [3.63, 3.8) is 0 Å². The van der Waals surface area contributed by atoms with Gasteiger partial charge in [0, 0.05) is 26.1 Å². The summed E-state index contributed by atoms with van der Waals surface area (Å²) in [6.07, 6.45) is 2.96. The minimum Gasteiger partial charge on any atom is -0.331 e. The molecule has 3 aliphatic rings. The summed E-state index contributed by atoms with van der Waals surface area (Å²) >= 11 is 0. The Morgan fingerprint density at radius 3 is 2.54 bits per heavy atom. The van der Waals surface area contributed by atoms with Crippen molar-refractivity contribution in [2.45, 2.75) is 25.3 Å². The van der Waals surface area contributed by atoms with Gasteiger partial charge < -0.3 is 9.80 Å². The molecule has 0 spiro atoms. The van der Waals surface area contributed by atoms with Crippen molar-refractivity contribution in [3.05, 3.63) is 71.3 Å². The largest absolute Gasteiger partial charge is 0.331 e. The minimum absolute atomic E-state index is 0.0625. The number of benzene rings is 2. The van der Waals surface area contributed by atoms with E-state index in [4.69, 9.17) is 0 Å². The first kappa shape index (κ1) is 16.1. The number of piperidine rings is 1. The van der Waals surface area contributed by atoms with Crippen LogP contribution in [0.3, 0.4) is 0 Å². The van der Waals surface area contributed by atoms with Gasteiger partial charge in [-0.15, -0.1) is 0 Å². The van der Waals surface area contributed by atoms with Crippen LogP contribution in [-0.4, -0.2) is 41.9 Å². The van der Waals surface area contributed by atoms with Gasteiger partial charge in [-0.25, -0.2) is 0 Å². The van der Waals surface area contributed by atoms with E-state index in [0.29, 0.717) is 18.2 Å². The standard InChI is InChI=1S/C23H26N2O/c26-22(14-20-16-24-12-10-19(20)15-24)25-13-11-17-6-4-5-9-21(17)23(25)18-7-2-1-3-8-18/h1-9,19-20,23H,10-16H2/t19?,20-,23+/m1/s1. The van der Waals surface area contributed by atoms with Crippen molar-refractivity contribution in [2.75, 3.05) is 26.2 Å². The highest BCUT2D eigenvalue weighted by Gasteiger charge is 2.40.